The van der Waals surface area contributed by atoms with Crippen molar-refractivity contribution in [3.05, 3.63) is 34.9 Å². The molecular weight excluding hydrogens is 202 g/mol. The van der Waals surface area contributed by atoms with Crippen LogP contribution in [0.5, 0.6) is 0 Å². The quantitative estimate of drug-likeness (QED) is 0.825. The number of rotatable bonds is 3. The van der Waals surface area contributed by atoms with Crippen molar-refractivity contribution in [2.75, 3.05) is 20.2 Å². The molecule has 0 radical (unpaired) electrons. The van der Waals surface area contributed by atoms with Crippen molar-refractivity contribution in [1.82, 2.24) is 4.90 Å². The van der Waals surface area contributed by atoms with Crippen molar-refractivity contribution in [3.8, 4) is 0 Å². The molecule has 1 aromatic carbocycles. The van der Waals surface area contributed by atoms with Crippen molar-refractivity contribution in [1.29, 1.82) is 0 Å². The van der Waals surface area contributed by atoms with Crippen LogP contribution in [0.1, 0.15) is 10.4 Å². The molecule has 0 heterocycles. The second-order valence-corrected chi connectivity index (χ2v) is 3.39. The van der Waals surface area contributed by atoms with Gasteiger partial charge in [-0.15, -0.1) is 0 Å². The summed E-state index contributed by atoms with van der Waals surface area (Å²) in [5.41, 5.74) is 0.574. The first-order chi connectivity index (χ1) is 6.65. The number of halogens is 1. The van der Waals surface area contributed by atoms with E-state index in [0.717, 1.165) is 0 Å². The van der Waals surface area contributed by atoms with E-state index in [1.54, 1.807) is 31.3 Å². The fraction of sp³-hybridized carbons (Fsp3) is 0.300. The van der Waals surface area contributed by atoms with Crippen LogP contribution in [0.4, 0.5) is 0 Å². The molecule has 4 heteroatoms. The highest BCUT2D eigenvalue weighted by molar-refractivity contribution is 6.30. The van der Waals surface area contributed by atoms with Gasteiger partial charge in [-0.3, -0.25) is 4.79 Å². The van der Waals surface area contributed by atoms with Gasteiger partial charge in [0, 0.05) is 24.2 Å². The Morgan fingerprint density at radius 3 is 2.50 bits per heavy atom. The van der Waals surface area contributed by atoms with Gasteiger partial charge in [0.2, 0.25) is 0 Å². The number of aliphatic hydroxyl groups is 1. The standard InChI is InChI=1S/C10H12ClNO2/c1-12(6-7-13)10(14)8-2-4-9(11)5-3-8/h2-5,13H,6-7H2,1H3. The Kier molecular flexibility index (Phi) is 3.92. The van der Waals surface area contributed by atoms with Gasteiger partial charge in [0.25, 0.3) is 5.91 Å². The maximum atomic E-state index is 11.6. The molecule has 0 spiro atoms. The molecule has 0 aromatic heterocycles. The van der Waals surface area contributed by atoms with Crippen LogP contribution >= 0.6 is 11.6 Å². The maximum Gasteiger partial charge on any atom is 0.253 e. The molecule has 1 N–H and O–H groups in total. The number of aliphatic hydroxyl groups excluding tert-OH is 1. The summed E-state index contributed by atoms with van der Waals surface area (Å²) in [4.78, 5) is 13.1. The predicted octanol–water partition coefficient (Wildman–Crippen LogP) is 1.40. The normalized spacial score (nSPS) is 9.93. The highest BCUT2D eigenvalue weighted by Gasteiger charge is 2.09. The topological polar surface area (TPSA) is 40.5 Å². The number of hydrogen-bond acceptors (Lipinski definition) is 2. The molecule has 0 bridgehead atoms. The monoisotopic (exact) mass is 213 g/mol. The first-order valence-corrected chi connectivity index (χ1v) is 4.65. The predicted molar refractivity (Wildman–Crippen MR) is 55.5 cm³/mol. The molecule has 0 atom stereocenters. The van der Waals surface area contributed by atoms with Crippen LogP contribution in [0, 0.1) is 0 Å². The van der Waals surface area contributed by atoms with E-state index < -0.39 is 0 Å². The Morgan fingerprint density at radius 2 is 2.00 bits per heavy atom. The summed E-state index contributed by atoms with van der Waals surface area (Å²) in [6.45, 7) is 0.303. The fourth-order valence-corrected chi connectivity index (χ4v) is 1.19. The minimum absolute atomic E-state index is 0.0319. The van der Waals surface area contributed by atoms with Gasteiger partial charge < -0.3 is 10.0 Å². The van der Waals surface area contributed by atoms with Gasteiger partial charge in [-0.1, -0.05) is 11.6 Å². The highest BCUT2D eigenvalue weighted by atomic mass is 35.5. The number of nitrogens with zero attached hydrogens (tertiary/aromatic N) is 1. The van der Waals surface area contributed by atoms with Crippen LogP contribution in [-0.4, -0.2) is 36.1 Å². The largest absolute Gasteiger partial charge is 0.395 e. The van der Waals surface area contributed by atoms with Crippen LogP contribution in [0.2, 0.25) is 5.02 Å². The van der Waals surface area contributed by atoms with Gasteiger partial charge >= 0.3 is 0 Å². The minimum Gasteiger partial charge on any atom is -0.395 e. The third-order valence-corrected chi connectivity index (χ3v) is 2.13. The molecule has 3 nitrogen and oxygen atoms in total. The zero-order valence-corrected chi connectivity index (χ0v) is 8.66. The lowest BCUT2D eigenvalue weighted by molar-refractivity contribution is 0.0767. The zero-order chi connectivity index (χ0) is 10.6. The number of likely N-dealkylation sites (N-methyl/N-ethyl adjacent to an activating group) is 1. The van der Waals surface area contributed by atoms with E-state index in [0.29, 0.717) is 17.1 Å². The third-order valence-electron chi connectivity index (χ3n) is 1.87. The summed E-state index contributed by atoms with van der Waals surface area (Å²) in [5.74, 6) is -0.115. The summed E-state index contributed by atoms with van der Waals surface area (Å²) < 4.78 is 0. The smallest absolute Gasteiger partial charge is 0.253 e. The number of carbonyl (C=O) groups excluding carboxylic acids is 1. The van der Waals surface area contributed by atoms with Crippen molar-refractivity contribution in [3.63, 3.8) is 0 Å². The number of amides is 1. The number of hydrogen-bond donors (Lipinski definition) is 1. The van der Waals surface area contributed by atoms with Gasteiger partial charge in [-0.05, 0) is 24.3 Å². The van der Waals surface area contributed by atoms with Gasteiger partial charge in [0.15, 0.2) is 0 Å². The van der Waals surface area contributed by atoms with Gasteiger partial charge in [-0.25, -0.2) is 0 Å². The average Bonchev–Trinajstić information content (AvgIpc) is 2.18. The van der Waals surface area contributed by atoms with Crippen molar-refractivity contribution < 1.29 is 9.90 Å². The van der Waals surface area contributed by atoms with Crippen LogP contribution in [0.15, 0.2) is 24.3 Å². The Hall–Kier alpha value is -1.06. The minimum atomic E-state index is -0.115. The lowest BCUT2D eigenvalue weighted by Gasteiger charge is -2.15. The lowest BCUT2D eigenvalue weighted by atomic mass is 10.2. The summed E-state index contributed by atoms with van der Waals surface area (Å²) in [7, 11) is 1.65. The summed E-state index contributed by atoms with van der Waals surface area (Å²) in [6, 6.07) is 6.67. The van der Waals surface area contributed by atoms with Gasteiger partial charge in [0.1, 0.15) is 0 Å². The molecule has 0 unspecified atom stereocenters. The second-order valence-electron chi connectivity index (χ2n) is 2.96. The fourth-order valence-electron chi connectivity index (χ4n) is 1.06. The van der Waals surface area contributed by atoms with Crippen LogP contribution in [0.3, 0.4) is 0 Å². The molecule has 76 valence electrons. The summed E-state index contributed by atoms with van der Waals surface area (Å²) >= 11 is 5.69. The van der Waals surface area contributed by atoms with E-state index >= 15 is 0 Å². The van der Waals surface area contributed by atoms with Crippen LogP contribution < -0.4 is 0 Å². The van der Waals surface area contributed by atoms with Gasteiger partial charge in [0.05, 0.1) is 6.61 Å². The SMILES string of the molecule is CN(CCO)C(=O)c1ccc(Cl)cc1. The molecule has 0 saturated carbocycles. The van der Waals surface area contributed by atoms with Crippen molar-refractivity contribution >= 4 is 17.5 Å². The highest BCUT2D eigenvalue weighted by Crippen LogP contribution is 2.10. The van der Waals surface area contributed by atoms with Crippen molar-refractivity contribution in [2.24, 2.45) is 0 Å². The second kappa shape index (κ2) is 4.98. The van der Waals surface area contributed by atoms with E-state index in [9.17, 15) is 4.79 Å². The third kappa shape index (κ3) is 2.72. The van der Waals surface area contributed by atoms with Crippen LogP contribution in [-0.2, 0) is 0 Å². The van der Waals surface area contributed by atoms with E-state index in [-0.39, 0.29) is 12.5 Å². The molecule has 0 aliphatic rings. The van der Waals surface area contributed by atoms with Crippen LogP contribution in [0.25, 0.3) is 0 Å². The summed E-state index contributed by atoms with van der Waals surface area (Å²) in [5, 5.41) is 9.26. The molecular formula is C10H12ClNO2. The molecule has 0 saturated heterocycles. The first kappa shape index (κ1) is 11.0. The molecule has 0 aliphatic carbocycles. The van der Waals surface area contributed by atoms with E-state index in [4.69, 9.17) is 16.7 Å². The molecule has 0 fully saturated rings. The average molecular weight is 214 g/mol. The van der Waals surface area contributed by atoms with E-state index in [2.05, 4.69) is 0 Å². The zero-order valence-electron chi connectivity index (χ0n) is 7.90. The van der Waals surface area contributed by atoms with Crippen molar-refractivity contribution in [2.45, 2.75) is 0 Å². The van der Waals surface area contributed by atoms with E-state index in [1.165, 1.54) is 4.90 Å². The lowest BCUT2D eigenvalue weighted by Crippen LogP contribution is -2.29. The molecule has 0 aliphatic heterocycles. The first-order valence-electron chi connectivity index (χ1n) is 4.27. The molecule has 1 aromatic rings. The Balaban J connectivity index is 2.74. The Labute approximate surface area is 87.9 Å². The van der Waals surface area contributed by atoms with E-state index in [1.807, 2.05) is 0 Å². The summed E-state index contributed by atoms with van der Waals surface area (Å²) in [6.07, 6.45) is 0. The number of carbonyl (C=O) groups is 1. The molecule has 14 heavy (non-hydrogen) atoms. The maximum absolute atomic E-state index is 11.6. The van der Waals surface area contributed by atoms with Gasteiger partial charge in [-0.2, -0.15) is 0 Å². The molecule has 1 rings (SSSR count). The number of benzene rings is 1. The molecule has 1 amide bonds. The Morgan fingerprint density at radius 1 is 1.43 bits per heavy atom. The Bertz CT molecular complexity index is 310.